The molecule has 1 aromatic carbocycles. The summed E-state index contributed by atoms with van der Waals surface area (Å²) in [4.78, 5) is 11.3. The number of nitrogens with zero attached hydrogens (tertiary/aromatic N) is 2. The molecule has 2 aromatic rings. The third-order valence-electron chi connectivity index (χ3n) is 2.65. The topological polar surface area (TPSA) is 55.1 Å². The summed E-state index contributed by atoms with van der Waals surface area (Å²) in [6.45, 7) is 1.95. The molecule has 0 radical (unpaired) electrons. The quantitative estimate of drug-likeness (QED) is 0.936. The third-order valence-corrected chi connectivity index (χ3v) is 3.05. The molecule has 0 spiro atoms. The maximum Gasteiger partial charge on any atom is 0.356 e. The lowest BCUT2D eigenvalue weighted by atomic mass is 10.2. The van der Waals surface area contributed by atoms with E-state index in [4.69, 9.17) is 11.6 Å². The van der Waals surface area contributed by atoms with Crippen LogP contribution in [0.5, 0.6) is 0 Å². The first-order valence-corrected chi connectivity index (χ1v) is 6.19. The van der Waals surface area contributed by atoms with Crippen LogP contribution in [0.4, 0.5) is 4.39 Å². The van der Waals surface area contributed by atoms with Crippen molar-refractivity contribution in [3.05, 3.63) is 46.5 Å². The fraction of sp³-hybridized carbons (Fsp3) is 0.231. The van der Waals surface area contributed by atoms with Crippen molar-refractivity contribution >= 4 is 17.6 Å². The van der Waals surface area contributed by atoms with Gasteiger partial charge >= 0.3 is 5.97 Å². The molecule has 0 saturated heterocycles. The summed E-state index contributed by atoms with van der Waals surface area (Å²) in [5.41, 5.74) is 0.894. The van der Waals surface area contributed by atoms with Crippen molar-refractivity contribution in [3.8, 4) is 5.69 Å². The first kappa shape index (κ1) is 13.5. The lowest BCUT2D eigenvalue weighted by Crippen LogP contribution is -2.08. The summed E-state index contributed by atoms with van der Waals surface area (Å²) in [5.74, 6) is -1.56. The molecular weight excluding hydrogens is 271 g/mol. The molecule has 0 aliphatic heterocycles. The zero-order valence-electron chi connectivity index (χ0n) is 10.2. The van der Waals surface area contributed by atoms with E-state index in [1.165, 1.54) is 28.9 Å². The molecule has 1 N–H and O–H groups in total. The van der Waals surface area contributed by atoms with Crippen molar-refractivity contribution in [1.82, 2.24) is 9.78 Å². The van der Waals surface area contributed by atoms with Crippen molar-refractivity contribution in [2.45, 2.75) is 19.8 Å². The van der Waals surface area contributed by atoms with Crippen LogP contribution < -0.4 is 0 Å². The average molecular weight is 283 g/mol. The Labute approximate surface area is 114 Å². The Bertz CT molecular complexity index is 608. The predicted molar refractivity (Wildman–Crippen MR) is 69.5 cm³/mol. The van der Waals surface area contributed by atoms with Gasteiger partial charge in [-0.05, 0) is 30.7 Å². The van der Waals surface area contributed by atoms with Crippen molar-refractivity contribution in [2.24, 2.45) is 0 Å². The molecule has 0 fully saturated rings. The second kappa shape index (κ2) is 5.40. The van der Waals surface area contributed by atoms with Gasteiger partial charge < -0.3 is 5.11 Å². The highest BCUT2D eigenvalue weighted by molar-refractivity contribution is 6.34. The van der Waals surface area contributed by atoms with Gasteiger partial charge in [-0.3, -0.25) is 0 Å². The molecule has 6 heteroatoms. The number of benzene rings is 1. The van der Waals surface area contributed by atoms with Gasteiger partial charge in [-0.2, -0.15) is 5.10 Å². The Morgan fingerprint density at radius 2 is 2.05 bits per heavy atom. The Morgan fingerprint density at radius 1 is 1.42 bits per heavy atom. The monoisotopic (exact) mass is 282 g/mol. The van der Waals surface area contributed by atoms with Crippen LogP contribution in [-0.4, -0.2) is 20.9 Å². The summed E-state index contributed by atoms with van der Waals surface area (Å²) < 4.78 is 14.1. The summed E-state index contributed by atoms with van der Waals surface area (Å²) in [6, 6.07) is 5.41. The second-order valence-corrected chi connectivity index (χ2v) is 4.43. The molecule has 0 saturated carbocycles. The molecule has 4 nitrogen and oxygen atoms in total. The van der Waals surface area contributed by atoms with Gasteiger partial charge in [0.25, 0.3) is 0 Å². The van der Waals surface area contributed by atoms with Gasteiger partial charge in [-0.1, -0.05) is 24.9 Å². The SMILES string of the molecule is CCCc1nn(-c2ccc(F)cc2)c(C(=O)O)c1Cl. The van der Waals surface area contributed by atoms with Gasteiger partial charge in [0.2, 0.25) is 0 Å². The maximum atomic E-state index is 12.9. The number of carboxylic acid groups (broad SMARTS) is 1. The van der Waals surface area contributed by atoms with Gasteiger partial charge in [0.1, 0.15) is 5.82 Å². The van der Waals surface area contributed by atoms with E-state index in [2.05, 4.69) is 5.10 Å². The summed E-state index contributed by atoms with van der Waals surface area (Å²) in [7, 11) is 0. The molecular formula is C13H12ClFN2O2. The summed E-state index contributed by atoms with van der Waals surface area (Å²) >= 11 is 6.05. The molecule has 1 heterocycles. The van der Waals surface area contributed by atoms with Gasteiger partial charge in [0.15, 0.2) is 5.69 Å². The minimum atomic E-state index is -1.16. The summed E-state index contributed by atoms with van der Waals surface area (Å²) in [6.07, 6.45) is 1.40. The highest BCUT2D eigenvalue weighted by atomic mass is 35.5. The van der Waals surface area contributed by atoms with E-state index in [0.29, 0.717) is 17.8 Å². The van der Waals surface area contributed by atoms with Gasteiger partial charge in [-0.25, -0.2) is 13.9 Å². The van der Waals surface area contributed by atoms with Crippen LogP contribution in [-0.2, 0) is 6.42 Å². The van der Waals surface area contributed by atoms with Crippen molar-refractivity contribution in [1.29, 1.82) is 0 Å². The van der Waals surface area contributed by atoms with E-state index in [1.54, 1.807) is 0 Å². The van der Waals surface area contributed by atoms with Crippen LogP contribution in [0.3, 0.4) is 0 Å². The minimum absolute atomic E-state index is 0.100. The molecule has 0 aliphatic carbocycles. The average Bonchev–Trinajstić information content (AvgIpc) is 2.68. The Balaban J connectivity index is 2.58. The number of halogens is 2. The third kappa shape index (κ3) is 2.61. The van der Waals surface area contributed by atoms with E-state index >= 15 is 0 Å². The smallest absolute Gasteiger partial charge is 0.356 e. The fourth-order valence-electron chi connectivity index (χ4n) is 1.79. The number of carboxylic acids is 1. The van der Waals surface area contributed by atoms with Crippen LogP contribution in [0, 0.1) is 5.82 Å². The Morgan fingerprint density at radius 3 is 2.58 bits per heavy atom. The lowest BCUT2D eigenvalue weighted by Gasteiger charge is -2.03. The number of aromatic carboxylic acids is 1. The molecule has 0 unspecified atom stereocenters. The molecule has 1 aromatic heterocycles. The molecule has 0 atom stereocenters. The number of rotatable bonds is 4. The van der Waals surface area contributed by atoms with E-state index in [-0.39, 0.29) is 10.7 Å². The van der Waals surface area contributed by atoms with Crippen LogP contribution in [0.25, 0.3) is 5.69 Å². The lowest BCUT2D eigenvalue weighted by molar-refractivity contribution is 0.0687. The Kier molecular flexibility index (Phi) is 3.85. The molecule has 19 heavy (non-hydrogen) atoms. The molecule has 0 aliphatic rings. The molecule has 2 rings (SSSR count). The number of aryl methyl sites for hydroxylation is 1. The number of aromatic nitrogens is 2. The first-order chi connectivity index (χ1) is 9.04. The van der Waals surface area contributed by atoms with E-state index < -0.39 is 11.8 Å². The molecule has 100 valence electrons. The Hall–Kier alpha value is -1.88. The highest BCUT2D eigenvalue weighted by Crippen LogP contribution is 2.25. The van der Waals surface area contributed by atoms with Crippen molar-refractivity contribution < 1.29 is 14.3 Å². The second-order valence-electron chi connectivity index (χ2n) is 4.05. The zero-order valence-corrected chi connectivity index (χ0v) is 11.0. The first-order valence-electron chi connectivity index (χ1n) is 5.81. The highest BCUT2D eigenvalue weighted by Gasteiger charge is 2.22. The predicted octanol–water partition coefficient (Wildman–Crippen LogP) is 3.32. The maximum absolute atomic E-state index is 12.9. The van der Waals surface area contributed by atoms with Gasteiger partial charge in [-0.15, -0.1) is 0 Å². The van der Waals surface area contributed by atoms with E-state index in [9.17, 15) is 14.3 Å². The summed E-state index contributed by atoms with van der Waals surface area (Å²) in [5, 5.41) is 13.6. The largest absolute Gasteiger partial charge is 0.476 e. The minimum Gasteiger partial charge on any atom is -0.476 e. The number of carbonyl (C=O) groups is 1. The molecule has 0 bridgehead atoms. The normalized spacial score (nSPS) is 10.7. The zero-order chi connectivity index (χ0) is 14.0. The van der Waals surface area contributed by atoms with Crippen LogP contribution in [0.1, 0.15) is 29.5 Å². The van der Waals surface area contributed by atoms with Crippen LogP contribution in [0.2, 0.25) is 5.02 Å². The van der Waals surface area contributed by atoms with Crippen LogP contribution in [0.15, 0.2) is 24.3 Å². The molecule has 0 amide bonds. The van der Waals surface area contributed by atoms with Gasteiger partial charge in [0.05, 0.1) is 16.4 Å². The van der Waals surface area contributed by atoms with E-state index in [1.807, 2.05) is 6.92 Å². The van der Waals surface area contributed by atoms with Gasteiger partial charge in [0, 0.05) is 0 Å². The fourth-order valence-corrected chi connectivity index (χ4v) is 2.09. The van der Waals surface area contributed by atoms with Crippen molar-refractivity contribution in [3.63, 3.8) is 0 Å². The number of hydrogen-bond donors (Lipinski definition) is 1. The standard InChI is InChI=1S/C13H12ClFN2O2/c1-2-3-10-11(14)12(13(18)19)17(16-10)9-6-4-8(15)5-7-9/h4-7H,2-3H2,1H3,(H,18,19). The van der Waals surface area contributed by atoms with Crippen LogP contribution >= 0.6 is 11.6 Å². The van der Waals surface area contributed by atoms with E-state index in [0.717, 1.165) is 6.42 Å². The number of hydrogen-bond acceptors (Lipinski definition) is 2. The van der Waals surface area contributed by atoms with Crippen molar-refractivity contribution in [2.75, 3.05) is 0 Å².